The standard InChI is InChI=1S/C31H33N3O/c1-2-33(27-14-7-4-8-15-27)22-21-32-31(35)25-17-19-28(20-18-25)34-29-16-10-9-13-26(29)23-30(34)24-11-5-3-6-12-24/h3-8,11-12,14-15,17-20,23H,2,9-10,13,16,21-22H2,1H3,(H,32,35). The number of rotatable bonds is 8. The van der Waals surface area contributed by atoms with Crippen LogP contribution in [0, 0.1) is 0 Å². The molecule has 3 aromatic carbocycles. The monoisotopic (exact) mass is 463 g/mol. The van der Waals surface area contributed by atoms with Crippen molar-refractivity contribution in [2.45, 2.75) is 32.6 Å². The van der Waals surface area contributed by atoms with E-state index >= 15 is 0 Å². The van der Waals surface area contributed by atoms with Crippen LogP contribution in [0.15, 0.2) is 91.0 Å². The second-order valence-electron chi connectivity index (χ2n) is 9.13. The first-order valence-electron chi connectivity index (χ1n) is 12.7. The van der Waals surface area contributed by atoms with Crippen LogP contribution in [0.4, 0.5) is 5.69 Å². The number of hydrogen-bond acceptors (Lipinski definition) is 2. The second-order valence-corrected chi connectivity index (χ2v) is 9.13. The smallest absolute Gasteiger partial charge is 0.251 e. The van der Waals surface area contributed by atoms with E-state index in [4.69, 9.17) is 0 Å². The van der Waals surface area contributed by atoms with E-state index in [0.717, 1.165) is 31.6 Å². The molecule has 35 heavy (non-hydrogen) atoms. The number of benzene rings is 3. The van der Waals surface area contributed by atoms with Gasteiger partial charge in [-0.3, -0.25) is 4.79 Å². The van der Waals surface area contributed by atoms with Crippen LogP contribution in [0.1, 0.15) is 41.4 Å². The number of amides is 1. The third-order valence-electron chi connectivity index (χ3n) is 6.93. The quantitative estimate of drug-likeness (QED) is 0.334. The maximum Gasteiger partial charge on any atom is 0.251 e. The van der Waals surface area contributed by atoms with Crippen molar-refractivity contribution >= 4 is 11.6 Å². The largest absolute Gasteiger partial charge is 0.370 e. The Hall–Kier alpha value is -3.79. The van der Waals surface area contributed by atoms with Gasteiger partial charge in [0.2, 0.25) is 0 Å². The summed E-state index contributed by atoms with van der Waals surface area (Å²) >= 11 is 0. The Kier molecular flexibility index (Phi) is 6.99. The number of carbonyl (C=O) groups excluding carboxylic acids is 1. The molecule has 0 fully saturated rings. The van der Waals surface area contributed by atoms with Crippen molar-refractivity contribution in [2.75, 3.05) is 24.5 Å². The van der Waals surface area contributed by atoms with Gasteiger partial charge in [-0.15, -0.1) is 0 Å². The first-order chi connectivity index (χ1) is 17.2. The van der Waals surface area contributed by atoms with E-state index in [1.807, 2.05) is 30.3 Å². The highest BCUT2D eigenvalue weighted by molar-refractivity contribution is 5.94. The number of fused-ring (bicyclic) bond motifs is 1. The van der Waals surface area contributed by atoms with Crippen LogP contribution in [0.5, 0.6) is 0 Å². The van der Waals surface area contributed by atoms with E-state index in [2.05, 4.69) is 82.4 Å². The maximum absolute atomic E-state index is 12.8. The molecule has 4 heteroatoms. The molecule has 1 heterocycles. The molecule has 0 saturated carbocycles. The summed E-state index contributed by atoms with van der Waals surface area (Å²) in [5, 5.41) is 3.09. The SMILES string of the molecule is CCN(CCNC(=O)c1ccc(-n2c(-c3ccccc3)cc3c2CCCC3)cc1)c1ccccc1. The highest BCUT2D eigenvalue weighted by atomic mass is 16.1. The number of hydrogen-bond donors (Lipinski definition) is 1. The van der Waals surface area contributed by atoms with Gasteiger partial charge in [-0.25, -0.2) is 0 Å². The molecule has 0 atom stereocenters. The molecule has 0 saturated heterocycles. The third kappa shape index (κ3) is 5.02. The number of aromatic nitrogens is 1. The molecule has 1 aliphatic carbocycles. The van der Waals surface area contributed by atoms with Gasteiger partial charge in [-0.1, -0.05) is 48.5 Å². The lowest BCUT2D eigenvalue weighted by Gasteiger charge is -2.23. The minimum Gasteiger partial charge on any atom is -0.370 e. The minimum absolute atomic E-state index is 0.0292. The first-order valence-corrected chi connectivity index (χ1v) is 12.7. The lowest BCUT2D eigenvalue weighted by atomic mass is 9.98. The number of anilines is 1. The predicted molar refractivity (Wildman–Crippen MR) is 145 cm³/mol. The zero-order chi connectivity index (χ0) is 24.0. The van der Waals surface area contributed by atoms with Gasteiger partial charge in [0.15, 0.2) is 0 Å². The number of carbonyl (C=O) groups is 1. The summed E-state index contributed by atoms with van der Waals surface area (Å²) in [5.74, 6) is -0.0292. The van der Waals surface area contributed by atoms with E-state index in [0.29, 0.717) is 12.1 Å². The molecule has 0 bridgehead atoms. The summed E-state index contributed by atoms with van der Waals surface area (Å²) in [5.41, 5.74) is 8.31. The van der Waals surface area contributed by atoms with Gasteiger partial charge in [0, 0.05) is 42.3 Å². The van der Waals surface area contributed by atoms with Gasteiger partial charge in [0.25, 0.3) is 5.91 Å². The average Bonchev–Trinajstić information content (AvgIpc) is 3.32. The molecule has 5 rings (SSSR count). The van der Waals surface area contributed by atoms with Gasteiger partial charge in [-0.2, -0.15) is 0 Å². The highest BCUT2D eigenvalue weighted by Crippen LogP contribution is 2.33. The van der Waals surface area contributed by atoms with Crippen molar-refractivity contribution in [3.05, 3.63) is 108 Å². The molecule has 0 unspecified atom stereocenters. The van der Waals surface area contributed by atoms with Gasteiger partial charge in [0.05, 0.1) is 5.69 Å². The molecule has 4 nitrogen and oxygen atoms in total. The molecule has 1 amide bonds. The summed E-state index contributed by atoms with van der Waals surface area (Å²) in [4.78, 5) is 15.1. The molecule has 0 radical (unpaired) electrons. The zero-order valence-electron chi connectivity index (χ0n) is 20.4. The molecular formula is C31H33N3O. The number of para-hydroxylation sites is 1. The number of nitrogens with one attached hydrogen (secondary N) is 1. The Bertz CT molecular complexity index is 1260. The lowest BCUT2D eigenvalue weighted by molar-refractivity contribution is 0.0954. The van der Waals surface area contributed by atoms with E-state index in [1.165, 1.54) is 41.0 Å². The maximum atomic E-state index is 12.8. The lowest BCUT2D eigenvalue weighted by Crippen LogP contribution is -2.34. The fraction of sp³-hybridized carbons (Fsp3) is 0.258. The van der Waals surface area contributed by atoms with Crippen molar-refractivity contribution in [3.8, 4) is 16.9 Å². The van der Waals surface area contributed by atoms with Crippen molar-refractivity contribution in [3.63, 3.8) is 0 Å². The van der Waals surface area contributed by atoms with Gasteiger partial charge in [-0.05, 0) is 86.2 Å². The fourth-order valence-corrected chi connectivity index (χ4v) is 5.09. The Morgan fingerprint density at radius 2 is 1.57 bits per heavy atom. The van der Waals surface area contributed by atoms with Gasteiger partial charge in [0.1, 0.15) is 0 Å². The molecule has 0 aliphatic heterocycles. The minimum atomic E-state index is -0.0292. The first kappa shape index (κ1) is 23.0. The Morgan fingerprint density at radius 3 is 2.29 bits per heavy atom. The molecule has 4 aromatic rings. The van der Waals surface area contributed by atoms with Crippen LogP contribution >= 0.6 is 0 Å². The number of nitrogens with zero attached hydrogens (tertiary/aromatic N) is 2. The summed E-state index contributed by atoms with van der Waals surface area (Å²) < 4.78 is 2.39. The van der Waals surface area contributed by atoms with Crippen LogP contribution in [0.25, 0.3) is 16.9 Å². The van der Waals surface area contributed by atoms with Gasteiger partial charge >= 0.3 is 0 Å². The van der Waals surface area contributed by atoms with Crippen LogP contribution in [0.3, 0.4) is 0 Å². The van der Waals surface area contributed by atoms with E-state index in [1.54, 1.807) is 0 Å². The van der Waals surface area contributed by atoms with Crippen LogP contribution in [0.2, 0.25) is 0 Å². The fourth-order valence-electron chi connectivity index (χ4n) is 5.09. The van der Waals surface area contributed by atoms with Gasteiger partial charge < -0.3 is 14.8 Å². The average molecular weight is 464 g/mol. The summed E-state index contributed by atoms with van der Waals surface area (Å²) in [6.07, 6.45) is 4.72. The Balaban J connectivity index is 1.31. The van der Waals surface area contributed by atoms with Crippen molar-refractivity contribution < 1.29 is 4.79 Å². The molecular weight excluding hydrogens is 430 g/mol. The van der Waals surface area contributed by atoms with Crippen molar-refractivity contribution in [1.82, 2.24) is 9.88 Å². The molecule has 178 valence electrons. The molecule has 1 N–H and O–H groups in total. The number of likely N-dealkylation sites (N-methyl/N-ethyl adjacent to an activating group) is 1. The molecule has 1 aliphatic rings. The Morgan fingerprint density at radius 1 is 0.886 bits per heavy atom. The normalized spacial score (nSPS) is 12.7. The van der Waals surface area contributed by atoms with Crippen LogP contribution in [-0.4, -0.2) is 30.1 Å². The second kappa shape index (κ2) is 10.6. The number of aryl methyl sites for hydroxylation is 1. The predicted octanol–water partition coefficient (Wildman–Crippen LogP) is 6.28. The van der Waals surface area contributed by atoms with Crippen molar-refractivity contribution in [1.29, 1.82) is 0 Å². The van der Waals surface area contributed by atoms with Crippen LogP contribution < -0.4 is 10.2 Å². The highest BCUT2D eigenvalue weighted by Gasteiger charge is 2.20. The summed E-state index contributed by atoms with van der Waals surface area (Å²) in [6.45, 7) is 4.42. The van der Waals surface area contributed by atoms with E-state index in [9.17, 15) is 4.79 Å². The molecule has 0 spiro atoms. The van der Waals surface area contributed by atoms with Crippen molar-refractivity contribution in [2.24, 2.45) is 0 Å². The van der Waals surface area contributed by atoms with E-state index in [-0.39, 0.29) is 5.91 Å². The third-order valence-corrected chi connectivity index (χ3v) is 6.93. The molecule has 1 aromatic heterocycles. The van der Waals surface area contributed by atoms with Crippen LogP contribution in [-0.2, 0) is 12.8 Å². The van der Waals surface area contributed by atoms with E-state index < -0.39 is 0 Å². The zero-order valence-corrected chi connectivity index (χ0v) is 20.4. The Labute approximate surface area is 208 Å². The summed E-state index contributed by atoms with van der Waals surface area (Å²) in [7, 11) is 0. The summed E-state index contributed by atoms with van der Waals surface area (Å²) in [6, 6.07) is 31.3. The topological polar surface area (TPSA) is 37.3 Å².